The van der Waals surface area contributed by atoms with E-state index in [-0.39, 0.29) is 11.8 Å². The molecular weight excluding hydrogens is 340 g/mol. The van der Waals surface area contributed by atoms with Crippen LogP contribution in [0.5, 0.6) is 0 Å². The Morgan fingerprint density at radius 3 is 2.65 bits per heavy atom. The van der Waals surface area contributed by atoms with Crippen molar-refractivity contribution in [1.29, 1.82) is 0 Å². The summed E-state index contributed by atoms with van der Waals surface area (Å²) < 4.78 is 0. The van der Waals surface area contributed by atoms with Gasteiger partial charge in [0.1, 0.15) is 0 Å². The molecule has 4 heteroatoms. The van der Waals surface area contributed by atoms with Crippen LogP contribution in [0.25, 0.3) is 0 Å². The predicted octanol–water partition coefficient (Wildman–Crippen LogP) is 4.39. The van der Waals surface area contributed by atoms with Gasteiger partial charge in [0.2, 0.25) is 5.91 Å². The molecule has 26 heavy (non-hydrogen) atoms. The largest absolute Gasteiger partial charge is 0.355 e. The predicted molar refractivity (Wildman–Crippen MR) is 112 cm³/mol. The highest BCUT2D eigenvalue weighted by Gasteiger charge is 2.24. The fraction of sp³-hybridized carbons (Fsp3) is 0.682. The number of aryl methyl sites for hydroxylation is 1. The summed E-state index contributed by atoms with van der Waals surface area (Å²) in [6, 6.07) is 8.75. The van der Waals surface area contributed by atoms with Gasteiger partial charge in [0.05, 0.1) is 0 Å². The van der Waals surface area contributed by atoms with Gasteiger partial charge in [-0.3, -0.25) is 9.69 Å². The molecule has 2 aliphatic rings. The van der Waals surface area contributed by atoms with Crippen molar-refractivity contribution in [2.75, 3.05) is 25.4 Å². The van der Waals surface area contributed by atoms with Gasteiger partial charge in [-0.25, -0.2) is 0 Å². The van der Waals surface area contributed by atoms with Crippen LogP contribution >= 0.6 is 11.8 Å². The zero-order valence-electron chi connectivity index (χ0n) is 16.2. The number of hydrogen-bond acceptors (Lipinski definition) is 3. The van der Waals surface area contributed by atoms with Gasteiger partial charge >= 0.3 is 0 Å². The molecule has 1 aliphatic carbocycles. The summed E-state index contributed by atoms with van der Waals surface area (Å²) in [5.74, 6) is 1.57. The van der Waals surface area contributed by atoms with Crippen LogP contribution in [0.15, 0.2) is 24.3 Å². The standard InChI is InChI=1S/C22H34N2OS/c1-18-6-5-7-19(16-18)17-24-13-10-20(11-14-24)22(25)23-12-15-26-21-8-3-2-4-9-21/h5-7,16,20-21H,2-4,8-15,17H2,1H3,(H,23,25). The van der Waals surface area contributed by atoms with E-state index in [2.05, 4.69) is 53.2 Å². The van der Waals surface area contributed by atoms with E-state index in [1.807, 2.05) is 0 Å². The average Bonchev–Trinajstić information content (AvgIpc) is 2.66. The lowest BCUT2D eigenvalue weighted by molar-refractivity contribution is -0.126. The van der Waals surface area contributed by atoms with Crippen LogP contribution in [0.2, 0.25) is 0 Å². The van der Waals surface area contributed by atoms with Gasteiger partial charge in [0.25, 0.3) is 0 Å². The first kappa shape index (κ1) is 19.8. The van der Waals surface area contributed by atoms with E-state index in [1.54, 1.807) is 0 Å². The third kappa shape index (κ3) is 6.31. The van der Waals surface area contributed by atoms with Gasteiger partial charge in [0.15, 0.2) is 0 Å². The van der Waals surface area contributed by atoms with Crippen LogP contribution in [0.3, 0.4) is 0 Å². The highest BCUT2D eigenvalue weighted by atomic mass is 32.2. The molecule has 1 amide bonds. The Bertz CT molecular complexity index is 563. The normalized spacial score (nSPS) is 20.2. The van der Waals surface area contributed by atoms with E-state index < -0.39 is 0 Å². The molecule has 0 aromatic heterocycles. The molecule has 1 heterocycles. The van der Waals surface area contributed by atoms with Gasteiger partial charge in [-0.05, 0) is 51.3 Å². The molecule has 1 saturated carbocycles. The van der Waals surface area contributed by atoms with Gasteiger partial charge in [0, 0.05) is 30.0 Å². The summed E-state index contributed by atoms with van der Waals surface area (Å²) in [4.78, 5) is 14.9. The van der Waals surface area contributed by atoms with Crippen molar-refractivity contribution < 1.29 is 4.79 Å². The number of rotatable bonds is 7. The maximum atomic E-state index is 12.4. The van der Waals surface area contributed by atoms with Crippen molar-refractivity contribution >= 4 is 17.7 Å². The van der Waals surface area contributed by atoms with Crippen molar-refractivity contribution in [3.63, 3.8) is 0 Å². The number of nitrogens with zero attached hydrogens (tertiary/aromatic N) is 1. The van der Waals surface area contributed by atoms with Crippen LogP contribution in [0.1, 0.15) is 56.1 Å². The highest BCUT2D eigenvalue weighted by molar-refractivity contribution is 7.99. The number of hydrogen-bond donors (Lipinski definition) is 1. The number of carbonyl (C=O) groups is 1. The molecule has 0 spiro atoms. The monoisotopic (exact) mass is 374 g/mol. The first-order chi connectivity index (χ1) is 12.7. The lowest BCUT2D eigenvalue weighted by Crippen LogP contribution is -2.40. The molecule has 3 nitrogen and oxygen atoms in total. The third-order valence-corrected chi connectivity index (χ3v) is 7.14. The van der Waals surface area contributed by atoms with E-state index >= 15 is 0 Å². The lowest BCUT2D eigenvalue weighted by Gasteiger charge is -2.31. The second kappa shape index (κ2) is 10.4. The number of carbonyl (C=O) groups excluding carboxylic acids is 1. The first-order valence-electron chi connectivity index (χ1n) is 10.4. The number of nitrogens with one attached hydrogen (secondary N) is 1. The van der Waals surface area contributed by atoms with Crippen LogP contribution in [0, 0.1) is 12.8 Å². The fourth-order valence-corrected chi connectivity index (χ4v) is 5.42. The second-order valence-electron chi connectivity index (χ2n) is 7.96. The summed E-state index contributed by atoms with van der Waals surface area (Å²) in [7, 11) is 0. The zero-order valence-corrected chi connectivity index (χ0v) is 17.0. The average molecular weight is 375 g/mol. The van der Waals surface area contributed by atoms with Gasteiger partial charge in [-0.1, -0.05) is 49.1 Å². The molecule has 1 saturated heterocycles. The quantitative estimate of drug-likeness (QED) is 0.719. The molecule has 1 aromatic carbocycles. The van der Waals surface area contributed by atoms with E-state index in [4.69, 9.17) is 0 Å². The number of benzene rings is 1. The molecule has 144 valence electrons. The molecular formula is C22H34N2OS. The smallest absolute Gasteiger partial charge is 0.223 e. The van der Waals surface area contributed by atoms with Crippen LogP contribution in [-0.4, -0.2) is 41.4 Å². The number of piperidine rings is 1. The van der Waals surface area contributed by atoms with Crippen LogP contribution in [0.4, 0.5) is 0 Å². The minimum Gasteiger partial charge on any atom is -0.355 e. The maximum absolute atomic E-state index is 12.4. The Morgan fingerprint density at radius 2 is 1.92 bits per heavy atom. The minimum atomic E-state index is 0.212. The molecule has 0 radical (unpaired) electrons. The zero-order chi connectivity index (χ0) is 18.2. The van der Waals surface area contributed by atoms with Crippen molar-refractivity contribution in [3.05, 3.63) is 35.4 Å². The Balaban J connectivity index is 1.30. The van der Waals surface area contributed by atoms with E-state index in [9.17, 15) is 4.79 Å². The minimum absolute atomic E-state index is 0.212. The summed E-state index contributed by atoms with van der Waals surface area (Å²) >= 11 is 2.07. The van der Waals surface area contributed by atoms with Crippen molar-refractivity contribution in [3.8, 4) is 0 Å². The molecule has 1 aromatic rings. The van der Waals surface area contributed by atoms with Gasteiger partial charge in [-0.15, -0.1) is 0 Å². The van der Waals surface area contributed by atoms with Crippen molar-refractivity contribution in [2.45, 2.75) is 63.7 Å². The Labute approximate surface area is 163 Å². The Morgan fingerprint density at radius 1 is 1.15 bits per heavy atom. The van der Waals surface area contributed by atoms with Crippen molar-refractivity contribution in [1.82, 2.24) is 10.2 Å². The van der Waals surface area contributed by atoms with E-state index in [0.29, 0.717) is 0 Å². The summed E-state index contributed by atoms with van der Waals surface area (Å²) in [5, 5.41) is 4.02. The third-order valence-electron chi connectivity index (χ3n) is 5.75. The fourth-order valence-electron chi connectivity index (χ4n) is 4.20. The van der Waals surface area contributed by atoms with E-state index in [1.165, 1.54) is 43.2 Å². The molecule has 0 unspecified atom stereocenters. The topological polar surface area (TPSA) is 32.3 Å². The summed E-state index contributed by atoms with van der Waals surface area (Å²) in [6.45, 7) is 6.05. The van der Waals surface area contributed by atoms with Gasteiger partial charge in [-0.2, -0.15) is 11.8 Å². The molecule has 1 N–H and O–H groups in total. The number of amides is 1. The second-order valence-corrected chi connectivity index (χ2v) is 9.37. The van der Waals surface area contributed by atoms with Crippen LogP contribution < -0.4 is 5.32 Å². The molecule has 0 bridgehead atoms. The van der Waals surface area contributed by atoms with Gasteiger partial charge < -0.3 is 5.32 Å². The summed E-state index contributed by atoms with van der Waals surface area (Å²) in [5.41, 5.74) is 2.70. The molecule has 2 fully saturated rings. The number of thioether (sulfide) groups is 1. The molecule has 0 atom stereocenters. The first-order valence-corrected chi connectivity index (χ1v) is 11.4. The Kier molecular flexibility index (Phi) is 7.87. The number of likely N-dealkylation sites (tertiary alicyclic amines) is 1. The summed E-state index contributed by atoms with van der Waals surface area (Å²) in [6.07, 6.45) is 8.93. The van der Waals surface area contributed by atoms with Crippen molar-refractivity contribution in [2.24, 2.45) is 5.92 Å². The maximum Gasteiger partial charge on any atom is 0.223 e. The van der Waals surface area contributed by atoms with Crippen LogP contribution in [-0.2, 0) is 11.3 Å². The molecule has 3 rings (SSSR count). The SMILES string of the molecule is Cc1cccc(CN2CCC(C(=O)NCCSC3CCCCC3)CC2)c1. The molecule has 1 aliphatic heterocycles. The Hall–Kier alpha value is -1.00. The lowest BCUT2D eigenvalue weighted by atomic mass is 9.95. The highest BCUT2D eigenvalue weighted by Crippen LogP contribution is 2.27. The van der Waals surface area contributed by atoms with E-state index in [0.717, 1.165) is 50.0 Å².